The Kier molecular flexibility index (Phi) is 13.8. The molecule has 1 aliphatic rings. The summed E-state index contributed by atoms with van der Waals surface area (Å²) >= 11 is 0. The summed E-state index contributed by atoms with van der Waals surface area (Å²) < 4.78 is 23.7. The Hall–Kier alpha value is -5.90. The van der Waals surface area contributed by atoms with Crippen LogP contribution in [0.5, 0.6) is 5.75 Å². The quantitative estimate of drug-likeness (QED) is 0.155. The van der Waals surface area contributed by atoms with E-state index in [4.69, 9.17) is 24.1 Å². The first-order valence-corrected chi connectivity index (χ1v) is 17.5. The van der Waals surface area contributed by atoms with E-state index >= 15 is 0 Å². The molecule has 4 heterocycles. The highest BCUT2D eigenvalue weighted by atomic mass is 16.6. The second-order valence-electron chi connectivity index (χ2n) is 14.3. The van der Waals surface area contributed by atoms with Gasteiger partial charge in [-0.2, -0.15) is 0 Å². The van der Waals surface area contributed by atoms with Gasteiger partial charge in [0.2, 0.25) is 0 Å². The molecule has 0 fully saturated rings. The molecule has 54 heavy (non-hydrogen) atoms. The molecule has 3 N–H and O–H groups in total. The zero-order chi connectivity index (χ0) is 39.5. The molecule has 290 valence electrons. The van der Waals surface area contributed by atoms with Crippen molar-refractivity contribution in [3.05, 3.63) is 84.2 Å². The maximum atomic E-state index is 13.1. The van der Waals surface area contributed by atoms with E-state index in [1.807, 2.05) is 42.9 Å². The van der Waals surface area contributed by atoms with Gasteiger partial charge in [0.15, 0.2) is 0 Å². The average Bonchev–Trinajstić information content (AvgIpc) is 3.50. The summed E-state index contributed by atoms with van der Waals surface area (Å²) in [6.07, 6.45) is 5.16. The molecule has 0 unspecified atom stereocenters. The first kappa shape index (κ1) is 40.9. The van der Waals surface area contributed by atoms with Gasteiger partial charge in [0.05, 0.1) is 37.4 Å². The van der Waals surface area contributed by atoms with E-state index in [1.54, 1.807) is 77.0 Å². The number of pyridine rings is 2. The van der Waals surface area contributed by atoms with Gasteiger partial charge in [0.1, 0.15) is 41.8 Å². The van der Waals surface area contributed by atoms with Crippen LogP contribution in [0.3, 0.4) is 0 Å². The maximum Gasteiger partial charge on any atom is 0.414 e. The predicted molar refractivity (Wildman–Crippen MR) is 204 cm³/mol. The SMILES string of the molecule is CC(C)(C)OC(=O)Nc1cc(CO)ccn1.CCN(C(=O)OCc1ccnc(NC(=O)OC(C)(C)C)c1)c1ccc2c(c1)N(Cc1cn(C)cn1)CCO2. The van der Waals surface area contributed by atoms with Crippen LogP contribution in [-0.4, -0.2) is 73.8 Å². The summed E-state index contributed by atoms with van der Waals surface area (Å²) in [5, 5.41) is 14.0. The molecular weight excluding hydrogens is 696 g/mol. The second-order valence-corrected chi connectivity index (χ2v) is 14.3. The molecule has 1 aliphatic heterocycles. The van der Waals surface area contributed by atoms with Crippen LogP contribution in [0.2, 0.25) is 0 Å². The summed E-state index contributed by atoms with van der Waals surface area (Å²) in [5.74, 6) is 1.44. The van der Waals surface area contributed by atoms with Crippen LogP contribution in [0.15, 0.2) is 67.4 Å². The molecule has 1 aromatic carbocycles. The van der Waals surface area contributed by atoms with Gasteiger partial charge >= 0.3 is 18.3 Å². The van der Waals surface area contributed by atoms with E-state index < -0.39 is 29.5 Å². The molecule has 0 atom stereocenters. The molecule has 3 aromatic heterocycles. The molecule has 4 aromatic rings. The number of hydrogen-bond acceptors (Lipinski definition) is 12. The van der Waals surface area contributed by atoms with Crippen molar-refractivity contribution >= 4 is 41.3 Å². The van der Waals surface area contributed by atoms with Crippen LogP contribution in [0.4, 0.5) is 37.4 Å². The lowest BCUT2D eigenvalue weighted by molar-refractivity contribution is 0.0624. The van der Waals surface area contributed by atoms with Gasteiger partial charge in [0, 0.05) is 37.9 Å². The van der Waals surface area contributed by atoms with E-state index in [0.29, 0.717) is 54.7 Å². The number of anilines is 4. The topological polar surface area (TPSA) is 182 Å². The molecule has 0 saturated heterocycles. The summed E-state index contributed by atoms with van der Waals surface area (Å²) in [6.45, 7) is 14.8. The van der Waals surface area contributed by atoms with Crippen molar-refractivity contribution in [3.63, 3.8) is 0 Å². The summed E-state index contributed by atoms with van der Waals surface area (Å²) in [5.41, 5.74) is 2.75. The van der Waals surface area contributed by atoms with Crippen LogP contribution in [0, 0.1) is 0 Å². The standard InChI is InChI=1S/C27H34N6O5.C11H16N2O3/c1-6-33(26(35)37-17-19-9-10-28-24(13-19)30-25(34)38-27(2,3)4)21-7-8-23-22(14-21)32(11-12-36-23)16-20-15-31(5)18-29-20;1-11(2,3)16-10(15)13-9-6-8(7-14)4-5-12-9/h7-10,13-15,18H,6,11-12,16-17H2,1-5H3,(H,28,30,34);4-6,14H,7H2,1-3H3,(H,12,13,15). The third kappa shape index (κ3) is 12.9. The van der Waals surface area contributed by atoms with Crippen molar-refractivity contribution in [2.24, 2.45) is 7.05 Å². The number of rotatable bonds is 9. The third-order valence-corrected chi connectivity index (χ3v) is 7.31. The van der Waals surface area contributed by atoms with Crippen LogP contribution >= 0.6 is 0 Å². The lowest BCUT2D eigenvalue weighted by atomic mass is 10.2. The van der Waals surface area contributed by atoms with Crippen LogP contribution in [-0.2, 0) is 41.0 Å². The van der Waals surface area contributed by atoms with Crippen LogP contribution in [0.25, 0.3) is 0 Å². The number of benzene rings is 1. The molecule has 0 saturated carbocycles. The lowest BCUT2D eigenvalue weighted by Crippen LogP contribution is -2.34. The lowest BCUT2D eigenvalue weighted by Gasteiger charge is -2.32. The number of aryl methyl sites for hydroxylation is 1. The fourth-order valence-corrected chi connectivity index (χ4v) is 5.07. The Morgan fingerprint density at radius 1 is 0.889 bits per heavy atom. The third-order valence-electron chi connectivity index (χ3n) is 7.31. The Labute approximate surface area is 315 Å². The largest absolute Gasteiger partial charge is 0.490 e. The van der Waals surface area contributed by atoms with Gasteiger partial charge in [0.25, 0.3) is 0 Å². The summed E-state index contributed by atoms with van der Waals surface area (Å²) in [7, 11) is 1.94. The molecule has 5 rings (SSSR count). The fourth-order valence-electron chi connectivity index (χ4n) is 5.07. The number of carbonyl (C=O) groups excluding carboxylic acids is 3. The number of nitrogens with zero attached hydrogens (tertiary/aromatic N) is 6. The van der Waals surface area contributed by atoms with Gasteiger partial charge in [-0.05, 0) is 102 Å². The van der Waals surface area contributed by atoms with Crippen molar-refractivity contribution in [3.8, 4) is 5.75 Å². The van der Waals surface area contributed by atoms with Gasteiger partial charge in [-0.25, -0.2) is 29.3 Å². The fraction of sp³-hybridized carbons (Fsp3) is 0.421. The van der Waals surface area contributed by atoms with Gasteiger partial charge in [-0.15, -0.1) is 0 Å². The number of imidazole rings is 1. The van der Waals surface area contributed by atoms with E-state index in [0.717, 1.165) is 17.1 Å². The van der Waals surface area contributed by atoms with E-state index in [2.05, 4.69) is 30.5 Å². The summed E-state index contributed by atoms with van der Waals surface area (Å²) in [4.78, 5) is 52.7. The molecule has 0 aliphatic carbocycles. The Morgan fingerprint density at radius 3 is 2.06 bits per heavy atom. The zero-order valence-corrected chi connectivity index (χ0v) is 32.1. The predicted octanol–water partition coefficient (Wildman–Crippen LogP) is 6.65. The van der Waals surface area contributed by atoms with Crippen molar-refractivity contribution < 1.29 is 38.4 Å². The average molecular weight is 747 g/mol. The maximum absolute atomic E-state index is 13.1. The molecular formula is C38H50N8O8. The number of aliphatic hydroxyl groups is 1. The number of amides is 3. The van der Waals surface area contributed by atoms with Crippen molar-refractivity contribution in [2.75, 3.05) is 40.1 Å². The van der Waals surface area contributed by atoms with Gasteiger partial charge in [-0.3, -0.25) is 15.5 Å². The Morgan fingerprint density at radius 2 is 1.50 bits per heavy atom. The molecule has 16 nitrogen and oxygen atoms in total. The number of aliphatic hydroxyl groups excluding tert-OH is 1. The number of ether oxygens (including phenoxy) is 4. The number of fused-ring (bicyclic) bond motifs is 1. The molecule has 3 amide bonds. The normalized spacial score (nSPS) is 12.3. The van der Waals surface area contributed by atoms with E-state index in [-0.39, 0.29) is 13.2 Å². The number of hydrogen-bond donors (Lipinski definition) is 3. The Balaban J connectivity index is 0.000000340. The zero-order valence-electron chi connectivity index (χ0n) is 32.1. The highest BCUT2D eigenvalue weighted by molar-refractivity contribution is 5.89. The van der Waals surface area contributed by atoms with E-state index in [1.165, 1.54) is 12.4 Å². The molecule has 0 spiro atoms. The number of aromatic nitrogens is 4. The first-order chi connectivity index (χ1) is 25.5. The highest BCUT2D eigenvalue weighted by Crippen LogP contribution is 2.36. The minimum atomic E-state index is -0.626. The first-order valence-electron chi connectivity index (χ1n) is 17.5. The van der Waals surface area contributed by atoms with Gasteiger partial charge in [-0.1, -0.05) is 0 Å². The highest BCUT2D eigenvalue weighted by Gasteiger charge is 2.24. The minimum absolute atomic E-state index is 0.0146. The van der Waals surface area contributed by atoms with Crippen molar-refractivity contribution in [2.45, 2.75) is 79.4 Å². The van der Waals surface area contributed by atoms with E-state index in [9.17, 15) is 14.4 Å². The van der Waals surface area contributed by atoms with Crippen LogP contribution in [0.1, 0.15) is 65.3 Å². The number of nitrogens with one attached hydrogen (secondary N) is 2. The Bertz CT molecular complexity index is 1890. The summed E-state index contributed by atoms with van der Waals surface area (Å²) in [6, 6.07) is 12.3. The monoisotopic (exact) mass is 746 g/mol. The van der Waals surface area contributed by atoms with Crippen molar-refractivity contribution in [1.82, 2.24) is 19.5 Å². The minimum Gasteiger partial charge on any atom is -0.490 e. The van der Waals surface area contributed by atoms with Gasteiger partial charge < -0.3 is 33.5 Å². The van der Waals surface area contributed by atoms with Crippen molar-refractivity contribution in [1.29, 1.82) is 0 Å². The van der Waals surface area contributed by atoms with Crippen LogP contribution < -0.4 is 25.2 Å². The molecule has 0 radical (unpaired) electrons. The molecule has 0 bridgehead atoms. The smallest absolute Gasteiger partial charge is 0.414 e. The second kappa shape index (κ2) is 18.2. The molecule has 16 heteroatoms. The number of carbonyl (C=O) groups is 3.